The summed E-state index contributed by atoms with van der Waals surface area (Å²) in [5.41, 5.74) is 7.46. The summed E-state index contributed by atoms with van der Waals surface area (Å²) in [5, 5.41) is 0. The highest BCUT2D eigenvalue weighted by molar-refractivity contribution is 5.80. The van der Waals surface area contributed by atoms with E-state index >= 15 is 0 Å². The van der Waals surface area contributed by atoms with Gasteiger partial charge in [0, 0.05) is 0 Å². The minimum absolute atomic E-state index is 0.0546. The van der Waals surface area contributed by atoms with Crippen LogP contribution in [-0.4, -0.2) is 20.2 Å². The Morgan fingerprint density at radius 3 is 2.73 bits per heavy atom. The summed E-state index contributed by atoms with van der Waals surface area (Å²) in [7, 11) is 3.23. The quantitative estimate of drug-likeness (QED) is 0.722. The zero-order valence-electron chi connectivity index (χ0n) is 16.2. The Hall–Kier alpha value is -2.03. The second-order valence-corrected chi connectivity index (χ2v) is 8.17. The fourth-order valence-electron chi connectivity index (χ4n) is 5.57. The maximum absolute atomic E-state index is 12.2. The van der Waals surface area contributed by atoms with Gasteiger partial charge in [-0.3, -0.25) is 4.79 Å². The Labute approximate surface area is 156 Å². The summed E-state index contributed by atoms with van der Waals surface area (Å²) >= 11 is 0. The van der Waals surface area contributed by atoms with Gasteiger partial charge in [0.05, 0.1) is 20.1 Å². The molecular formula is C23H28O3. The van der Waals surface area contributed by atoms with E-state index in [-0.39, 0.29) is 17.3 Å². The molecule has 0 saturated carbocycles. The molecule has 3 aliphatic carbocycles. The van der Waals surface area contributed by atoms with Crippen LogP contribution in [-0.2, 0) is 16.0 Å². The van der Waals surface area contributed by atoms with E-state index in [9.17, 15) is 4.79 Å². The Kier molecular flexibility index (Phi) is 4.21. The topological polar surface area (TPSA) is 35.5 Å². The molecule has 3 aliphatic rings. The van der Waals surface area contributed by atoms with Crippen LogP contribution in [0.3, 0.4) is 0 Å². The number of allylic oxidation sites excluding steroid dienone is 4. The summed E-state index contributed by atoms with van der Waals surface area (Å²) in [5.74, 6) is 1.16. The van der Waals surface area contributed by atoms with E-state index < -0.39 is 0 Å². The zero-order valence-corrected chi connectivity index (χ0v) is 16.2. The molecule has 138 valence electrons. The predicted molar refractivity (Wildman–Crippen MR) is 103 cm³/mol. The fraction of sp³-hybridized carbons (Fsp3) is 0.522. The van der Waals surface area contributed by atoms with Crippen molar-refractivity contribution in [1.82, 2.24) is 0 Å². The average Bonchev–Trinajstić information content (AvgIpc) is 3.03. The van der Waals surface area contributed by atoms with E-state index in [4.69, 9.17) is 9.47 Å². The largest absolute Gasteiger partial charge is 0.497 e. The van der Waals surface area contributed by atoms with E-state index in [1.807, 2.05) is 6.92 Å². The van der Waals surface area contributed by atoms with Crippen LogP contribution < -0.4 is 4.74 Å². The summed E-state index contributed by atoms with van der Waals surface area (Å²) in [6.45, 7) is 4.40. The first-order chi connectivity index (χ1) is 12.5. The molecule has 0 amide bonds. The summed E-state index contributed by atoms with van der Waals surface area (Å²) in [4.78, 5) is 12.2. The lowest BCUT2D eigenvalue weighted by molar-refractivity contribution is -0.148. The van der Waals surface area contributed by atoms with Gasteiger partial charge in [0.25, 0.3) is 0 Å². The molecule has 0 bridgehead atoms. The van der Waals surface area contributed by atoms with Gasteiger partial charge in [0.1, 0.15) is 5.75 Å². The number of carbonyl (C=O) groups is 1. The number of fused-ring (bicyclic) bond motifs is 4. The number of aryl methyl sites for hydroxylation is 1. The van der Waals surface area contributed by atoms with Gasteiger partial charge in [-0.25, -0.2) is 0 Å². The van der Waals surface area contributed by atoms with E-state index in [0.29, 0.717) is 5.92 Å². The first-order valence-electron chi connectivity index (χ1n) is 9.67. The molecule has 0 saturated heterocycles. The van der Waals surface area contributed by atoms with Crippen LogP contribution in [0.15, 0.2) is 35.4 Å². The van der Waals surface area contributed by atoms with Crippen LogP contribution in [0.4, 0.5) is 0 Å². The monoisotopic (exact) mass is 352 g/mol. The first-order valence-corrected chi connectivity index (χ1v) is 9.67. The number of methoxy groups -OCH3 is 2. The van der Waals surface area contributed by atoms with Gasteiger partial charge in [0.2, 0.25) is 0 Å². The van der Waals surface area contributed by atoms with Crippen LogP contribution >= 0.6 is 0 Å². The van der Waals surface area contributed by atoms with Crippen LogP contribution in [0.1, 0.15) is 50.7 Å². The van der Waals surface area contributed by atoms with Gasteiger partial charge < -0.3 is 9.47 Å². The van der Waals surface area contributed by atoms with Crippen LogP contribution in [0.2, 0.25) is 0 Å². The highest BCUT2D eigenvalue weighted by Gasteiger charge is 2.49. The molecule has 0 aliphatic heterocycles. The standard InChI is InChI=1S/C23H28O3/c1-14(22(24)26-4)20-9-10-21-19-7-5-15-13-16(25-3)6-8-17(15)18(19)11-12-23(20,21)2/h6,8,10,13-14,20H,5,7,9,11-12H2,1-4H3/t14-,20-,23+/m1/s1. The lowest BCUT2D eigenvalue weighted by Crippen LogP contribution is -2.36. The number of hydrogen-bond donors (Lipinski definition) is 0. The van der Waals surface area contributed by atoms with Crippen molar-refractivity contribution in [2.75, 3.05) is 14.2 Å². The molecular weight excluding hydrogens is 324 g/mol. The van der Waals surface area contributed by atoms with Crippen molar-refractivity contribution in [3.63, 3.8) is 0 Å². The van der Waals surface area contributed by atoms with Crippen LogP contribution in [0.25, 0.3) is 5.57 Å². The summed E-state index contributed by atoms with van der Waals surface area (Å²) in [6, 6.07) is 6.50. The molecule has 3 atom stereocenters. The van der Waals surface area contributed by atoms with Gasteiger partial charge in [0.15, 0.2) is 0 Å². The molecule has 3 heteroatoms. The maximum atomic E-state index is 12.2. The molecule has 4 rings (SSSR count). The van der Waals surface area contributed by atoms with E-state index in [1.165, 1.54) is 35.0 Å². The Balaban J connectivity index is 1.71. The van der Waals surface area contributed by atoms with E-state index in [0.717, 1.165) is 37.9 Å². The van der Waals surface area contributed by atoms with Crippen LogP contribution in [0.5, 0.6) is 5.75 Å². The van der Waals surface area contributed by atoms with Gasteiger partial charge in [-0.2, -0.15) is 0 Å². The molecule has 1 aromatic carbocycles. The minimum Gasteiger partial charge on any atom is -0.497 e. The van der Waals surface area contributed by atoms with Crippen molar-refractivity contribution in [3.8, 4) is 5.75 Å². The number of esters is 1. The molecule has 3 nitrogen and oxygen atoms in total. The lowest BCUT2D eigenvalue weighted by atomic mass is 9.60. The number of ether oxygens (including phenoxy) is 2. The second kappa shape index (κ2) is 6.29. The minimum atomic E-state index is -0.0771. The highest BCUT2D eigenvalue weighted by atomic mass is 16.5. The van der Waals surface area contributed by atoms with Crippen molar-refractivity contribution in [3.05, 3.63) is 46.5 Å². The molecule has 0 N–H and O–H groups in total. The molecule has 0 radical (unpaired) electrons. The smallest absolute Gasteiger partial charge is 0.308 e. The maximum Gasteiger partial charge on any atom is 0.308 e. The van der Waals surface area contributed by atoms with E-state index in [2.05, 4.69) is 31.2 Å². The molecule has 0 heterocycles. The van der Waals surface area contributed by atoms with Crippen molar-refractivity contribution in [2.24, 2.45) is 17.3 Å². The fourth-order valence-corrected chi connectivity index (χ4v) is 5.57. The highest BCUT2D eigenvalue weighted by Crippen LogP contribution is 2.59. The SMILES string of the molecule is COC(=O)[C@H](C)[C@H]1CC=C2C3=C(CC[C@]21C)c1ccc(OC)cc1CC3. The number of hydrogen-bond acceptors (Lipinski definition) is 3. The summed E-state index contributed by atoms with van der Waals surface area (Å²) in [6.07, 6.45) is 7.75. The van der Waals surface area contributed by atoms with Gasteiger partial charge in [-0.15, -0.1) is 0 Å². The van der Waals surface area contributed by atoms with Crippen LogP contribution in [0, 0.1) is 17.3 Å². The third-order valence-electron chi connectivity index (χ3n) is 7.05. The Morgan fingerprint density at radius 1 is 1.19 bits per heavy atom. The Morgan fingerprint density at radius 2 is 2.00 bits per heavy atom. The Bertz CT molecular complexity index is 817. The van der Waals surface area contributed by atoms with E-state index in [1.54, 1.807) is 7.11 Å². The molecule has 1 aromatic rings. The normalized spacial score (nSPS) is 27.8. The lowest BCUT2D eigenvalue weighted by Gasteiger charge is -2.43. The van der Waals surface area contributed by atoms with Gasteiger partial charge in [-0.05, 0) is 83.4 Å². The van der Waals surface area contributed by atoms with Crippen molar-refractivity contribution in [2.45, 2.75) is 46.0 Å². The van der Waals surface area contributed by atoms with Gasteiger partial charge >= 0.3 is 5.97 Å². The molecule has 26 heavy (non-hydrogen) atoms. The number of rotatable bonds is 3. The predicted octanol–water partition coefficient (Wildman–Crippen LogP) is 4.95. The zero-order chi connectivity index (χ0) is 18.5. The first kappa shape index (κ1) is 17.4. The third kappa shape index (κ3) is 2.44. The second-order valence-electron chi connectivity index (χ2n) is 8.17. The van der Waals surface area contributed by atoms with Crippen molar-refractivity contribution < 1.29 is 14.3 Å². The molecule has 0 unspecified atom stereocenters. The molecule has 0 fully saturated rings. The molecule has 0 spiro atoms. The third-order valence-corrected chi connectivity index (χ3v) is 7.05. The van der Waals surface area contributed by atoms with Crippen molar-refractivity contribution in [1.29, 1.82) is 0 Å². The summed E-state index contributed by atoms with van der Waals surface area (Å²) < 4.78 is 10.4. The number of benzene rings is 1. The number of carbonyl (C=O) groups excluding carboxylic acids is 1. The van der Waals surface area contributed by atoms with Gasteiger partial charge in [-0.1, -0.05) is 26.0 Å². The average molecular weight is 352 g/mol. The molecule has 0 aromatic heterocycles. The van der Waals surface area contributed by atoms with Crippen molar-refractivity contribution >= 4 is 11.5 Å².